The Bertz CT molecular complexity index is 289. The first-order valence-corrected chi connectivity index (χ1v) is 7.65. The molecule has 0 saturated carbocycles. The van der Waals surface area contributed by atoms with Crippen molar-refractivity contribution in [2.45, 2.75) is 84.7 Å². The Morgan fingerprint density at radius 1 is 1.05 bits per heavy atom. The molecule has 4 heteroatoms. The molecule has 0 aliphatic heterocycles. The molecule has 0 aromatic rings. The van der Waals surface area contributed by atoms with Crippen molar-refractivity contribution < 1.29 is 19.7 Å². The van der Waals surface area contributed by atoms with E-state index in [1.54, 1.807) is 26.8 Å². The van der Waals surface area contributed by atoms with E-state index in [-0.39, 0.29) is 5.76 Å². The van der Waals surface area contributed by atoms with Gasteiger partial charge in [-0.25, -0.2) is 10.1 Å². The smallest absolute Gasteiger partial charge is 0.377 e. The topological polar surface area (TPSA) is 55.8 Å². The van der Waals surface area contributed by atoms with Gasteiger partial charge in [-0.05, 0) is 39.7 Å². The van der Waals surface area contributed by atoms with Gasteiger partial charge in [0.15, 0.2) is 0 Å². The minimum atomic E-state index is -0.622. The second kappa shape index (κ2) is 10.7. The summed E-state index contributed by atoms with van der Waals surface area (Å²) in [6, 6.07) is 0. The van der Waals surface area contributed by atoms with Crippen molar-refractivity contribution in [2.75, 3.05) is 0 Å². The molecule has 1 N–H and O–H groups in total. The summed E-state index contributed by atoms with van der Waals surface area (Å²) in [4.78, 5) is 15.8. The number of hydrogen-bond donors (Lipinski definition) is 1. The fourth-order valence-corrected chi connectivity index (χ4v) is 1.82. The normalized spacial score (nSPS) is 12.3. The number of ether oxygens (including phenoxy) is 1. The first-order chi connectivity index (χ1) is 9.40. The average Bonchev–Trinajstić information content (AvgIpc) is 2.35. The quantitative estimate of drug-likeness (QED) is 0.156. The zero-order valence-corrected chi connectivity index (χ0v) is 13.4. The van der Waals surface area contributed by atoms with E-state index < -0.39 is 11.6 Å². The Morgan fingerprint density at radius 2 is 1.60 bits per heavy atom. The van der Waals surface area contributed by atoms with Gasteiger partial charge in [0, 0.05) is 0 Å². The van der Waals surface area contributed by atoms with Crippen molar-refractivity contribution in [3.8, 4) is 0 Å². The number of hydrogen-bond acceptors (Lipinski definition) is 4. The van der Waals surface area contributed by atoms with Gasteiger partial charge in [-0.3, -0.25) is 0 Å². The van der Waals surface area contributed by atoms with E-state index in [1.807, 2.05) is 0 Å². The highest BCUT2D eigenvalue weighted by molar-refractivity contribution is 5.86. The number of unbranched alkanes of at least 4 members (excludes halogenated alkanes) is 7. The lowest BCUT2D eigenvalue weighted by Gasteiger charge is -2.19. The van der Waals surface area contributed by atoms with E-state index in [4.69, 9.17) is 9.99 Å². The zero-order valence-electron chi connectivity index (χ0n) is 13.4. The molecule has 0 aliphatic rings. The summed E-state index contributed by atoms with van der Waals surface area (Å²) in [7, 11) is 0. The average molecular weight is 286 g/mol. The number of carbonyl (C=O) groups is 1. The van der Waals surface area contributed by atoms with E-state index in [0.29, 0.717) is 6.42 Å². The Kier molecular flexibility index (Phi) is 10.2. The van der Waals surface area contributed by atoms with Gasteiger partial charge in [0.1, 0.15) is 5.60 Å². The van der Waals surface area contributed by atoms with Crippen LogP contribution in [-0.2, 0) is 14.4 Å². The Hall–Kier alpha value is -1.03. The molecular weight excluding hydrogens is 256 g/mol. The second-order valence-electron chi connectivity index (χ2n) is 6.07. The van der Waals surface area contributed by atoms with Gasteiger partial charge >= 0.3 is 5.97 Å². The summed E-state index contributed by atoms with van der Waals surface area (Å²) in [5.74, 6) is -0.742. The van der Waals surface area contributed by atoms with Gasteiger partial charge < -0.3 is 9.62 Å². The maximum atomic E-state index is 11.7. The summed E-state index contributed by atoms with van der Waals surface area (Å²) in [5, 5.41) is 8.72. The van der Waals surface area contributed by atoms with Crippen molar-refractivity contribution in [1.82, 2.24) is 0 Å². The van der Waals surface area contributed by atoms with Crippen LogP contribution in [0.2, 0.25) is 0 Å². The lowest BCUT2D eigenvalue weighted by atomic mass is 10.1. The highest BCUT2D eigenvalue weighted by atomic mass is 17.1. The molecule has 0 atom stereocenters. The molecule has 20 heavy (non-hydrogen) atoms. The molecule has 118 valence electrons. The molecule has 0 saturated heterocycles. The van der Waals surface area contributed by atoms with Crippen molar-refractivity contribution >= 4 is 5.97 Å². The molecule has 0 heterocycles. The van der Waals surface area contributed by atoms with Gasteiger partial charge in [-0.1, -0.05) is 45.4 Å². The van der Waals surface area contributed by atoms with E-state index in [0.717, 1.165) is 12.8 Å². The maximum Gasteiger partial charge on any atom is 0.377 e. The number of rotatable bonds is 10. The van der Waals surface area contributed by atoms with Crippen LogP contribution in [0.15, 0.2) is 11.8 Å². The summed E-state index contributed by atoms with van der Waals surface area (Å²) in [6.07, 6.45) is 10.8. The van der Waals surface area contributed by atoms with Gasteiger partial charge in [-0.2, -0.15) is 0 Å². The molecule has 0 unspecified atom stereocenters. The number of carbonyl (C=O) groups excluding carboxylic acids is 1. The molecular formula is C16H30O4. The van der Waals surface area contributed by atoms with Crippen LogP contribution in [0.4, 0.5) is 0 Å². The molecule has 0 aromatic carbocycles. The molecule has 0 radical (unpaired) electrons. The van der Waals surface area contributed by atoms with Crippen LogP contribution in [-0.4, -0.2) is 16.8 Å². The zero-order chi connectivity index (χ0) is 15.4. The second-order valence-corrected chi connectivity index (χ2v) is 6.07. The molecule has 0 rings (SSSR count). The van der Waals surface area contributed by atoms with Gasteiger partial charge in [-0.15, -0.1) is 0 Å². The third kappa shape index (κ3) is 10.9. The predicted octanol–water partition coefficient (Wildman–Crippen LogP) is 4.84. The van der Waals surface area contributed by atoms with E-state index in [1.165, 1.54) is 32.1 Å². The SMILES string of the molecule is CCCCCCCCCC=C(OO)C(=O)OC(C)(C)C. The van der Waals surface area contributed by atoms with Crippen molar-refractivity contribution in [3.05, 3.63) is 11.8 Å². The predicted molar refractivity (Wildman–Crippen MR) is 80.3 cm³/mol. The van der Waals surface area contributed by atoms with Gasteiger partial charge in [0.25, 0.3) is 0 Å². The lowest BCUT2D eigenvalue weighted by molar-refractivity contribution is -0.215. The van der Waals surface area contributed by atoms with Crippen LogP contribution in [0.25, 0.3) is 0 Å². The van der Waals surface area contributed by atoms with Gasteiger partial charge in [0.2, 0.25) is 5.76 Å². The van der Waals surface area contributed by atoms with Crippen LogP contribution in [0.3, 0.4) is 0 Å². The number of esters is 1. The standard InChI is InChI=1S/C16H30O4/c1-5-6-7-8-9-10-11-12-13-14(20-18)15(17)19-16(2,3)4/h13,18H,5-12H2,1-4H3. The molecule has 0 amide bonds. The lowest BCUT2D eigenvalue weighted by Crippen LogP contribution is -2.25. The fourth-order valence-electron chi connectivity index (χ4n) is 1.82. The molecule has 0 aliphatic carbocycles. The third-order valence-corrected chi connectivity index (χ3v) is 2.84. The molecule has 0 bridgehead atoms. The van der Waals surface area contributed by atoms with Crippen LogP contribution in [0, 0.1) is 0 Å². The van der Waals surface area contributed by atoms with Crippen LogP contribution < -0.4 is 0 Å². The van der Waals surface area contributed by atoms with Crippen molar-refractivity contribution in [3.63, 3.8) is 0 Å². The monoisotopic (exact) mass is 286 g/mol. The Balaban J connectivity index is 3.87. The summed E-state index contributed by atoms with van der Waals surface area (Å²) in [5.41, 5.74) is -0.589. The highest BCUT2D eigenvalue weighted by Crippen LogP contribution is 2.13. The molecule has 0 spiro atoms. The van der Waals surface area contributed by atoms with Crippen molar-refractivity contribution in [2.24, 2.45) is 0 Å². The van der Waals surface area contributed by atoms with E-state index in [9.17, 15) is 4.79 Å². The summed E-state index contributed by atoms with van der Waals surface area (Å²) < 4.78 is 5.12. The Labute approximate surface area is 123 Å². The van der Waals surface area contributed by atoms with Crippen LogP contribution >= 0.6 is 0 Å². The minimum Gasteiger partial charge on any atom is -0.454 e. The Morgan fingerprint density at radius 3 is 2.10 bits per heavy atom. The van der Waals surface area contributed by atoms with E-state index in [2.05, 4.69) is 11.8 Å². The molecule has 0 aromatic heterocycles. The third-order valence-electron chi connectivity index (χ3n) is 2.84. The van der Waals surface area contributed by atoms with Gasteiger partial charge in [0.05, 0.1) is 0 Å². The first-order valence-electron chi connectivity index (χ1n) is 7.65. The first kappa shape index (κ1) is 19.0. The molecule has 4 nitrogen and oxygen atoms in total. The molecule has 0 fully saturated rings. The van der Waals surface area contributed by atoms with E-state index >= 15 is 0 Å². The summed E-state index contributed by atoms with van der Waals surface area (Å²) >= 11 is 0. The van der Waals surface area contributed by atoms with Crippen LogP contribution in [0.1, 0.15) is 79.1 Å². The van der Waals surface area contributed by atoms with Crippen LogP contribution in [0.5, 0.6) is 0 Å². The summed E-state index contributed by atoms with van der Waals surface area (Å²) in [6.45, 7) is 7.53. The minimum absolute atomic E-state index is 0.120. The largest absolute Gasteiger partial charge is 0.454 e. The fraction of sp³-hybridized carbons (Fsp3) is 0.812. The highest BCUT2D eigenvalue weighted by Gasteiger charge is 2.21. The number of allylic oxidation sites excluding steroid dienone is 1. The van der Waals surface area contributed by atoms with Crippen molar-refractivity contribution in [1.29, 1.82) is 0 Å². The maximum absolute atomic E-state index is 11.7.